The van der Waals surface area contributed by atoms with E-state index in [1.807, 2.05) is 13.1 Å². The minimum absolute atomic E-state index is 0.156. The summed E-state index contributed by atoms with van der Waals surface area (Å²) in [4.78, 5) is 0.156. The van der Waals surface area contributed by atoms with E-state index in [1.54, 1.807) is 23.0 Å². The first-order valence-corrected chi connectivity index (χ1v) is 6.69. The maximum absolute atomic E-state index is 14.1. The van der Waals surface area contributed by atoms with Crippen LogP contribution in [-0.4, -0.2) is 14.8 Å². The minimum atomic E-state index is -0.410. The molecule has 0 unspecified atom stereocenters. The summed E-state index contributed by atoms with van der Waals surface area (Å²) in [5, 5.41) is 7.06. The third-order valence-electron chi connectivity index (χ3n) is 2.73. The Balaban J connectivity index is 2.20. The van der Waals surface area contributed by atoms with Crippen LogP contribution in [0.15, 0.2) is 28.9 Å². The van der Waals surface area contributed by atoms with Gasteiger partial charge in [-0.05, 0) is 34.1 Å². The van der Waals surface area contributed by atoms with Crippen molar-refractivity contribution in [1.82, 2.24) is 9.78 Å². The monoisotopic (exact) mass is 342 g/mol. The molecule has 2 aromatic rings. The van der Waals surface area contributed by atoms with Gasteiger partial charge in [0, 0.05) is 18.8 Å². The van der Waals surface area contributed by atoms with Crippen LogP contribution in [-0.2, 0) is 13.6 Å². The van der Waals surface area contributed by atoms with E-state index in [1.165, 1.54) is 0 Å². The number of benzene rings is 1. The molecule has 19 heavy (non-hydrogen) atoms. The fraction of sp³-hybridized carbons (Fsp3) is 0.167. The molecule has 7 heteroatoms. The maximum atomic E-state index is 14.1. The van der Waals surface area contributed by atoms with E-state index in [4.69, 9.17) is 18.0 Å². The van der Waals surface area contributed by atoms with E-state index in [-0.39, 0.29) is 9.46 Å². The highest BCUT2D eigenvalue weighted by Gasteiger charge is 2.12. The predicted octanol–water partition coefficient (Wildman–Crippen LogP) is 2.57. The lowest BCUT2D eigenvalue weighted by Gasteiger charge is -2.11. The highest BCUT2D eigenvalue weighted by molar-refractivity contribution is 9.10. The first-order chi connectivity index (χ1) is 9.00. The van der Waals surface area contributed by atoms with Gasteiger partial charge in [-0.2, -0.15) is 5.10 Å². The molecule has 0 bridgehead atoms. The van der Waals surface area contributed by atoms with Crippen LogP contribution in [0.4, 0.5) is 10.1 Å². The summed E-state index contributed by atoms with van der Waals surface area (Å²) < 4.78 is 16.1. The van der Waals surface area contributed by atoms with Gasteiger partial charge in [0.2, 0.25) is 0 Å². The number of aromatic nitrogens is 2. The second-order valence-corrected chi connectivity index (χ2v) is 5.19. The SMILES string of the molecule is Cn1nccc1CNc1ccc(C(N)=S)c(Br)c1F. The standard InChI is InChI=1S/C12H12BrFN4S/c1-18-7(4-5-17-18)6-16-9-3-2-8(12(15)19)10(13)11(9)14/h2-5,16H,6H2,1H3,(H2,15,19). The van der Waals surface area contributed by atoms with Gasteiger partial charge in [0.15, 0.2) is 5.82 Å². The third-order valence-corrected chi connectivity index (χ3v) is 3.73. The van der Waals surface area contributed by atoms with Crippen LogP contribution in [0.25, 0.3) is 0 Å². The van der Waals surface area contributed by atoms with Crippen molar-refractivity contribution in [2.45, 2.75) is 6.54 Å². The molecule has 1 heterocycles. The minimum Gasteiger partial charge on any atom is -0.389 e. The fourth-order valence-electron chi connectivity index (χ4n) is 1.64. The first kappa shape index (κ1) is 14.0. The van der Waals surface area contributed by atoms with Crippen molar-refractivity contribution in [3.63, 3.8) is 0 Å². The number of anilines is 1. The molecule has 0 atom stereocenters. The van der Waals surface area contributed by atoms with Crippen LogP contribution < -0.4 is 11.1 Å². The molecule has 0 aliphatic heterocycles. The molecule has 0 saturated carbocycles. The Morgan fingerprint density at radius 1 is 1.53 bits per heavy atom. The van der Waals surface area contributed by atoms with E-state index < -0.39 is 5.82 Å². The molecule has 0 fully saturated rings. The van der Waals surface area contributed by atoms with Gasteiger partial charge in [-0.3, -0.25) is 4.68 Å². The summed E-state index contributed by atoms with van der Waals surface area (Å²) in [5.41, 5.74) is 7.33. The fourth-order valence-corrected chi connectivity index (χ4v) is 2.50. The van der Waals surface area contributed by atoms with E-state index in [9.17, 15) is 4.39 Å². The Morgan fingerprint density at radius 3 is 2.84 bits per heavy atom. The van der Waals surface area contributed by atoms with Gasteiger partial charge >= 0.3 is 0 Å². The number of nitrogens with one attached hydrogen (secondary N) is 1. The second kappa shape index (κ2) is 5.66. The molecular formula is C12H12BrFN4S. The molecule has 0 spiro atoms. The smallest absolute Gasteiger partial charge is 0.161 e. The van der Waals surface area contributed by atoms with Crippen molar-refractivity contribution in [3.05, 3.63) is 45.9 Å². The number of halogens is 2. The number of hydrogen-bond donors (Lipinski definition) is 2. The molecule has 0 aliphatic carbocycles. The molecule has 4 nitrogen and oxygen atoms in total. The zero-order chi connectivity index (χ0) is 14.0. The van der Waals surface area contributed by atoms with Crippen molar-refractivity contribution in [3.8, 4) is 0 Å². The molecule has 0 aliphatic rings. The highest BCUT2D eigenvalue weighted by Crippen LogP contribution is 2.27. The number of nitrogens with two attached hydrogens (primary N) is 1. The summed E-state index contributed by atoms with van der Waals surface area (Å²) >= 11 is 8.01. The van der Waals surface area contributed by atoms with Crippen molar-refractivity contribution < 1.29 is 4.39 Å². The second-order valence-electron chi connectivity index (χ2n) is 3.95. The van der Waals surface area contributed by atoms with Crippen LogP contribution in [0.2, 0.25) is 0 Å². The number of thiocarbonyl (C=S) groups is 1. The Hall–Kier alpha value is -1.47. The topological polar surface area (TPSA) is 55.9 Å². The van der Waals surface area contributed by atoms with Crippen LogP contribution in [0.1, 0.15) is 11.3 Å². The first-order valence-electron chi connectivity index (χ1n) is 5.49. The average molecular weight is 343 g/mol. The van der Waals surface area contributed by atoms with Gasteiger partial charge in [0.05, 0.1) is 22.4 Å². The number of rotatable bonds is 4. The molecule has 1 aromatic heterocycles. The normalized spacial score (nSPS) is 10.5. The Labute approximate surface area is 123 Å². The van der Waals surface area contributed by atoms with Gasteiger partial charge in [-0.15, -0.1) is 0 Å². The van der Waals surface area contributed by atoms with Crippen LogP contribution in [0.5, 0.6) is 0 Å². The van der Waals surface area contributed by atoms with Crippen molar-refractivity contribution in [2.75, 3.05) is 5.32 Å². The predicted molar refractivity (Wildman–Crippen MR) is 80.5 cm³/mol. The summed E-state index contributed by atoms with van der Waals surface area (Å²) in [6.45, 7) is 0.478. The van der Waals surface area contributed by atoms with E-state index in [0.29, 0.717) is 17.8 Å². The average Bonchev–Trinajstić information content (AvgIpc) is 2.76. The van der Waals surface area contributed by atoms with Gasteiger partial charge in [0.1, 0.15) is 4.99 Å². The quantitative estimate of drug-likeness (QED) is 0.838. The van der Waals surface area contributed by atoms with Crippen molar-refractivity contribution in [1.29, 1.82) is 0 Å². The van der Waals surface area contributed by atoms with Crippen LogP contribution in [0, 0.1) is 5.82 Å². The number of aryl methyl sites for hydroxylation is 1. The van der Waals surface area contributed by atoms with Crippen molar-refractivity contribution in [2.24, 2.45) is 12.8 Å². The molecule has 100 valence electrons. The number of nitrogens with zero attached hydrogens (tertiary/aromatic N) is 2. The zero-order valence-corrected chi connectivity index (χ0v) is 12.6. The van der Waals surface area contributed by atoms with E-state index >= 15 is 0 Å². The summed E-state index contributed by atoms with van der Waals surface area (Å²) in [6, 6.07) is 5.16. The Bertz CT molecular complexity index is 626. The highest BCUT2D eigenvalue weighted by atomic mass is 79.9. The van der Waals surface area contributed by atoms with Crippen molar-refractivity contribution >= 4 is 38.8 Å². The summed E-state index contributed by atoms with van der Waals surface area (Å²) in [6.07, 6.45) is 1.69. The molecule has 0 amide bonds. The molecule has 3 N–H and O–H groups in total. The van der Waals surface area contributed by atoms with Crippen LogP contribution in [0.3, 0.4) is 0 Å². The van der Waals surface area contributed by atoms with E-state index in [0.717, 1.165) is 5.69 Å². The van der Waals surface area contributed by atoms with Crippen LogP contribution >= 0.6 is 28.1 Å². The third kappa shape index (κ3) is 2.93. The molecule has 0 saturated heterocycles. The Kier molecular flexibility index (Phi) is 4.16. The molecular weight excluding hydrogens is 331 g/mol. The van der Waals surface area contributed by atoms with Gasteiger partial charge < -0.3 is 11.1 Å². The lowest BCUT2D eigenvalue weighted by Crippen LogP contribution is -2.12. The lowest BCUT2D eigenvalue weighted by atomic mass is 10.2. The zero-order valence-electron chi connectivity index (χ0n) is 10.2. The number of hydrogen-bond acceptors (Lipinski definition) is 3. The maximum Gasteiger partial charge on any atom is 0.161 e. The van der Waals surface area contributed by atoms with Gasteiger partial charge in [-0.25, -0.2) is 4.39 Å². The summed E-state index contributed by atoms with van der Waals surface area (Å²) in [5.74, 6) is -0.410. The van der Waals surface area contributed by atoms with E-state index in [2.05, 4.69) is 26.3 Å². The molecule has 0 radical (unpaired) electrons. The Morgan fingerprint density at radius 2 is 2.26 bits per heavy atom. The molecule has 1 aromatic carbocycles. The van der Waals surface area contributed by atoms with Gasteiger partial charge in [-0.1, -0.05) is 12.2 Å². The molecule has 2 rings (SSSR count). The summed E-state index contributed by atoms with van der Waals surface area (Å²) in [7, 11) is 1.83. The lowest BCUT2D eigenvalue weighted by molar-refractivity contribution is 0.622. The largest absolute Gasteiger partial charge is 0.389 e. The van der Waals surface area contributed by atoms with Gasteiger partial charge in [0.25, 0.3) is 0 Å².